The highest BCUT2D eigenvalue weighted by molar-refractivity contribution is 7.71. The Bertz CT molecular complexity index is 1050. The van der Waals surface area contributed by atoms with Gasteiger partial charge in [0.1, 0.15) is 18.1 Å². The van der Waals surface area contributed by atoms with E-state index in [4.69, 9.17) is 21.7 Å². The van der Waals surface area contributed by atoms with E-state index >= 15 is 0 Å². The van der Waals surface area contributed by atoms with Crippen molar-refractivity contribution in [3.63, 3.8) is 0 Å². The maximum absolute atomic E-state index is 13.0. The van der Waals surface area contributed by atoms with Gasteiger partial charge in [0, 0.05) is 5.56 Å². The molecule has 0 aliphatic heterocycles. The van der Waals surface area contributed by atoms with Gasteiger partial charge in [0.15, 0.2) is 0 Å². The van der Waals surface area contributed by atoms with Gasteiger partial charge in [-0.25, -0.2) is 13.9 Å². The number of rotatable bonds is 7. The SMILES string of the molecule is COc1ccc(/C=N\n2c(C(F)F)n[nH]c2=S)cc1COc1ccccc1C. The highest BCUT2D eigenvalue weighted by Crippen LogP contribution is 2.23. The highest BCUT2D eigenvalue weighted by Gasteiger charge is 2.16. The summed E-state index contributed by atoms with van der Waals surface area (Å²) in [7, 11) is 1.57. The van der Waals surface area contributed by atoms with E-state index in [1.54, 1.807) is 19.2 Å². The molecule has 1 aromatic heterocycles. The van der Waals surface area contributed by atoms with Gasteiger partial charge in [-0.3, -0.25) is 0 Å². The van der Waals surface area contributed by atoms with Crippen LogP contribution in [0.15, 0.2) is 47.6 Å². The summed E-state index contributed by atoms with van der Waals surface area (Å²) in [5, 5.41) is 9.81. The Labute approximate surface area is 165 Å². The Morgan fingerprint density at radius 3 is 2.75 bits per heavy atom. The van der Waals surface area contributed by atoms with Gasteiger partial charge in [-0.05, 0) is 54.5 Å². The summed E-state index contributed by atoms with van der Waals surface area (Å²) < 4.78 is 38.1. The number of benzene rings is 2. The van der Waals surface area contributed by atoms with Crippen LogP contribution < -0.4 is 9.47 Å². The van der Waals surface area contributed by atoms with Gasteiger partial charge in [-0.15, -0.1) is 0 Å². The van der Waals surface area contributed by atoms with Crippen molar-refractivity contribution in [2.24, 2.45) is 5.10 Å². The van der Waals surface area contributed by atoms with E-state index in [9.17, 15) is 8.78 Å². The van der Waals surface area contributed by atoms with Crippen molar-refractivity contribution in [1.29, 1.82) is 0 Å². The standard InChI is InChI=1S/C19H18F2N4O2S/c1-12-5-3-4-6-15(12)27-11-14-9-13(7-8-16(14)26-2)10-22-25-18(17(20)21)23-24-19(25)28/h3-10,17H,11H2,1-2H3,(H,24,28)/b22-10-. The lowest BCUT2D eigenvalue weighted by atomic mass is 10.1. The summed E-state index contributed by atoms with van der Waals surface area (Å²) in [4.78, 5) is 0. The van der Waals surface area contributed by atoms with Gasteiger partial charge in [0.2, 0.25) is 10.6 Å². The van der Waals surface area contributed by atoms with Crippen molar-refractivity contribution < 1.29 is 18.3 Å². The van der Waals surface area contributed by atoms with E-state index in [1.165, 1.54) is 6.21 Å². The topological polar surface area (TPSA) is 64.4 Å². The lowest BCUT2D eigenvalue weighted by Gasteiger charge is -2.12. The number of H-pyrrole nitrogens is 1. The number of hydrogen-bond acceptors (Lipinski definition) is 5. The van der Waals surface area contributed by atoms with Crippen LogP contribution >= 0.6 is 12.2 Å². The zero-order valence-corrected chi connectivity index (χ0v) is 16.0. The number of nitrogens with one attached hydrogen (secondary N) is 1. The second-order valence-corrected chi connectivity index (χ2v) is 6.26. The molecule has 2 aromatic carbocycles. The molecule has 0 unspecified atom stereocenters. The molecule has 6 nitrogen and oxygen atoms in total. The Morgan fingerprint density at radius 2 is 2.04 bits per heavy atom. The molecule has 3 aromatic rings. The van der Waals surface area contributed by atoms with E-state index < -0.39 is 12.2 Å². The fourth-order valence-electron chi connectivity index (χ4n) is 2.55. The molecule has 0 saturated carbocycles. The van der Waals surface area contributed by atoms with Crippen molar-refractivity contribution in [1.82, 2.24) is 14.9 Å². The molecule has 0 saturated heterocycles. The number of methoxy groups -OCH3 is 1. The molecule has 9 heteroatoms. The Hall–Kier alpha value is -3.07. The molecule has 3 rings (SSSR count). The lowest BCUT2D eigenvalue weighted by molar-refractivity contribution is 0.136. The van der Waals surface area contributed by atoms with E-state index in [0.29, 0.717) is 11.3 Å². The minimum Gasteiger partial charge on any atom is -0.496 e. The molecular formula is C19H18F2N4O2S. The van der Waals surface area contributed by atoms with Gasteiger partial charge in [0.25, 0.3) is 6.43 Å². The van der Waals surface area contributed by atoms with Crippen molar-refractivity contribution in [2.75, 3.05) is 7.11 Å². The summed E-state index contributed by atoms with van der Waals surface area (Å²) in [5.41, 5.74) is 2.49. The van der Waals surface area contributed by atoms with E-state index in [2.05, 4.69) is 15.3 Å². The van der Waals surface area contributed by atoms with Crippen LogP contribution in [0.4, 0.5) is 8.78 Å². The molecule has 0 aliphatic carbocycles. The first-order chi connectivity index (χ1) is 13.5. The van der Waals surface area contributed by atoms with Gasteiger partial charge in [-0.2, -0.15) is 14.9 Å². The third-order valence-electron chi connectivity index (χ3n) is 3.97. The smallest absolute Gasteiger partial charge is 0.299 e. The summed E-state index contributed by atoms with van der Waals surface area (Å²) in [6.45, 7) is 2.24. The van der Waals surface area contributed by atoms with Crippen LogP contribution in [0.1, 0.15) is 28.9 Å². The van der Waals surface area contributed by atoms with Gasteiger partial charge in [0.05, 0.1) is 13.3 Å². The van der Waals surface area contributed by atoms with Crippen LogP contribution in [0.25, 0.3) is 0 Å². The first-order valence-electron chi connectivity index (χ1n) is 8.34. The second-order valence-electron chi connectivity index (χ2n) is 5.87. The summed E-state index contributed by atoms with van der Waals surface area (Å²) in [5.74, 6) is 0.881. The van der Waals surface area contributed by atoms with Crippen LogP contribution in [0.3, 0.4) is 0 Å². The van der Waals surface area contributed by atoms with Crippen molar-refractivity contribution in [2.45, 2.75) is 20.0 Å². The number of aryl methyl sites for hydroxylation is 1. The fourth-order valence-corrected chi connectivity index (χ4v) is 2.73. The van der Waals surface area contributed by atoms with Crippen LogP contribution in [0.2, 0.25) is 0 Å². The molecule has 1 N–H and O–H groups in total. The number of para-hydroxylation sites is 1. The molecule has 0 radical (unpaired) electrons. The number of aromatic amines is 1. The molecule has 28 heavy (non-hydrogen) atoms. The summed E-state index contributed by atoms with van der Waals surface area (Å²) >= 11 is 4.94. The van der Waals surface area contributed by atoms with Crippen molar-refractivity contribution >= 4 is 18.4 Å². The zero-order valence-electron chi connectivity index (χ0n) is 15.2. The third kappa shape index (κ3) is 4.42. The number of aromatic nitrogens is 3. The van der Waals surface area contributed by atoms with Crippen molar-refractivity contribution in [3.05, 3.63) is 69.8 Å². The average Bonchev–Trinajstić information content (AvgIpc) is 3.06. The molecule has 0 spiro atoms. The predicted molar refractivity (Wildman–Crippen MR) is 104 cm³/mol. The van der Waals surface area contributed by atoms with E-state index in [-0.39, 0.29) is 11.4 Å². The molecule has 0 fully saturated rings. The quantitative estimate of drug-likeness (QED) is 0.460. The van der Waals surface area contributed by atoms with Gasteiger partial charge in [-0.1, -0.05) is 18.2 Å². The molecule has 0 aliphatic rings. The van der Waals surface area contributed by atoms with Crippen LogP contribution in [-0.4, -0.2) is 28.2 Å². The minimum atomic E-state index is -2.79. The van der Waals surface area contributed by atoms with Crippen molar-refractivity contribution in [3.8, 4) is 11.5 Å². The first kappa shape index (κ1) is 19.7. The maximum Gasteiger partial charge on any atom is 0.299 e. The number of halogens is 2. The highest BCUT2D eigenvalue weighted by atomic mass is 32.1. The molecule has 0 atom stereocenters. The third-order valence-corrected chi connectivity index (χ3v) is 4.24. The second kappa shape index (κ2) is 8.75. The van der Waals surface area contributed by atoms with E-state index in [1.807, 2.05) is 37.3 Å². The Kier molecular flexibility index (Phi) is 6.15. The average molecular weight is 404 g/mol. The van der Waals surface area contributed by atoms with Gasteiger partial charge < -0.3 is 9.47 Å². The zero-order chi connectivity index (χ0) is 20.1. The maximum atomic E-state index is 13.0. The number of ether oxygens (including phenoxy) is 2. The lowest BCUT2D eigenvalue weighted by Crippen LogP contribution is -2.02. The van der Waals surface area contributed by atoms with Gasteiger partial charge >= 0.3 is 0 Å². The molecule has 0 bridgehead atoms. The number of nitrogens with zero attached hydrogens (tertiary/aromatic N) is 3. The Balaban J connectivity index is 1.84. The normalized spacial score (nSPS) is 11.3. The number of hydrogen-bond donors (Lipinski definition) is 1. The number of alkyl halides is 2. The minimum absolute atomic E-state index is 0.0110. The molecule has 0 amide bonds. The largest absolute Gasteiger partial charge is 0.496 e. The first-order valence-corrected chi connectivity index (χ1v) is 8.75. The predicted octanol–water partition coefficient (Wildman–Crippen LogP) is 4.66. The van der Waals surface area contributed by atoms with Crippen LogP contribution in [0.5, 0.6) is 11.5 Å². The molecular weight excluding hydrogens is 386 g/mol. The Morgan fingerprint density at radius 1 is 1.25 bits per heavy atom. The molecule has 146 valence electrons. The fraction of sp³-hybridized carbons (Fsp3) is 0.211. The monoisotopic (exact) mass is 404 g/mol. The van der Waals surface area contributed by atoms with E-state index in [0.717, 1.165) is 21.6 Å². The van der Waals surface area contributed by atoms with Crippen LogP contribution in [0, 0.1) is 11.7 Å². The molecule has 1 heterocycles. The summed E-state index contributed by atoms with van der Waals surface area (Å²) in [6.07, 6.45) is -1.37. The summed E-state index contributed by atoms with van der Waals surface area (Å²) in [6, 6.07) is 13.0. The van der Waals surface area contributed by atoms with Crippen LogP contribution in [-0.2, 0) is 6.61 Å².